The molecule has 0 atom stereocenters. The van der Waals surface area contributed by atoms with Crippen molar-refractivity contribution >= 4 is 0 Å². The summed E-state index contributed by atoms with van der Waals surface area (Å²) in [5.41, 5.74) is 1.18. The van der Waals surface area contributed by atoms with Crippen molar-refractivity contribution in [3.05, 3.63) is 12.3 Å². The number of nitrogens with one attached hydrogen (secondary N) is 1. The minimum atomic E-state index is 0.504. The summed E-state index contributed by atoms with van der Waals surface area (Å²) < 4.78 is 0. The monoisotopic (exact) mass is 252 g/mol. The van der Waals surface area contributed by atoms with Crippen LogP contribution in [0.15, 0.2) is 12.3 Å². The van der Waals surface area contributed by atoms with Gasteiger partial charge in [-0.1, -0.05) is 39.2 Å². The second kappa shape index (κ2) is 8.58. The van der Waals surface area contributed by atoms with Gasteiger partial charge < -0.3 is 5.32 Å². The Bertz CT molecular complexity index is 227. The summed E-state index contributed by atoms with van der Waals surface area (Å²) in [5.74, 6) is 0.985. The van der Waals surface area contributed by atoms with E-state index in [2.05, 4.69) is 37.6 Å². The van der Waals surface area contributed by atoms with Crippen LogP contribution in [0.1, 0.15) is 59.3 Å². The first-order chi connectivity index (χ1) is 8.61. The molecule has 0 aromatic carbocycles. The Morgan fingerprint density at radius 3 is 2.50 bits per heavy atom. The Morgan fingerprint density at radius 1 is 1.28 bits per heavy atom. The Labute approximate surface area is 114 Å². The maximum Gasteiger partial charge on any atom is 0.0375 e. The highest BCUT2D eigenvalue weighted by atomic mass is 15.1. The molecule has 2 nitrogen and oxygen atoms in total. The van der Waals surface area contributed by atoms with E-state index in [1.165, 1.54) is 57.3 Å². The molecule has 1 fully saturated rings. The Morgan fingerprint density at radius 2 is 1.94 bits per heavy atom. The maximum absolute atomic E-state index is 4.12. The van der Waals surface area contributed by atoms with E-state index < -0.39 is 0 Å². The van der Waals surface area contributed by atoms with Crippen LogP contribution in [-0.2, 0) is 0 Å². The molecule has 1 aliphatic rings. The number of hydrogen-bond donors (Lipinski definition) is 1. The van der Waals surface area contributed by atoms with Crippen molar-refractivity contribution in [2.24, 2.45) is 5.92 Å². The van der Waals surface area contributed by atoms with Crippen molar-refractivity contribution < 1.29 is 0 Å². The van der Waals surface area contributed by atoms with Gasteiger partial charge in [0.05, 0.1) is 0 Å². The van der Waals surface area contributed by atoms with Gasteiger partial charge >= 0.3 is 0 Å². The van der Waals surface area contributed by atoms with E-state index in [-0.39, 0.29) is 0 Å². The molecule has 1 heterocycles. The summed E-state index contributed by atoms with van der Waals surface area (Å²) >= 11 is 0. The second-order valence-corrected chi connectivity index (χ2v) is 6.12. The maximum atomic E-state index is 4.12. The highest BCUT2D eigenvalue weighted by Crippen LogP contribution is 2.23. The molecule has 1 saturated heterocycles. The molecule has 1 aliphatic heterocycles. The van der Waals surface area contributed by atoms with E-state index in [4.69, 9.17) is 0 Å². The average molecular weight is 252 g/mol. The third kappa shape index (κ3) is 6.44. The molecule has 0 aliphatic carbocycles. The Hall–Kier alpha value is -0.500. The van der Waals surface area contributed by atoms with Crippen LogP contribution in [-0.4, -0.2) is 30.6 Å². The number of rotatable bonds is 8. The van der Waals surface area contributed by atoms with Gasteiger partial charge in [0.2, 0.25) is 0 Å². The topological polar surface area (TPSA) is 15.3 Å². The van der Waals surface area contributed by atoms with Gasteiger partial charge in [-0.25, -0.2) is 0 Å². The van der Waals surface area contributed by atoms with Crippen LogP contribution in [0.4, 0.5) is 0 Å². The normalized spacial score (nSPS) is 18.2. The molecule has 18 heavy (non-hydrogen) atoms. The highest BCUT2D eigenvalue weighted by molar-refractivity contribution is 4.96. The minimum Gasteiger partial charge on any atom is -0.386 e. The van der Waals surface area contributed by atoms with Crippen LogP contribution < -0.4 is 5.32 Å². The van der Waals surface area contributed by atoms with Crippen LogP contribution in [0.5, 0.6) is 0 Å². The molecule has 0 spiro atoms. The van der Waals surface area contributed by atoms with Gasteiger partial charge in [0.15, 0.2) is 0 Å². The Kier molecular flexibility index (Phi) is 7.41. The third-order valence-corrected chi connectivity index (χ3v) is 3.83. The SMILES string of the molecule is C=C(CN1CCC(CCCCC)CC1)NC(C)C. The zero-order valence-corrected chi connectivity index (χ0v) is 12.7. The van der Waals surface area contributed by atoms with Crippen molar-refractivity contribution in [2.45, 2.75) is 65.3 Å². The standard InChI is InChI=1S/C16H32N2/c1-5-6-7-8-16-9-11-18(12-10-16)13-15(4)17-14(2)3/h14,16-17H,4-13H2,1-3H3. The zero-order chi connectivity index (χ0) is 13.4. The average Bonchev–Trinajstić information content (AvgIpc) is 2.30. The van der Waals surface area contributed by atoms with Gasteiger partial charge in [0.1, 0.15) is 0 Å². The summed E-state index contributed by atoms with van der Waals surface area (Å²) in [7, 11) is 0. The number of piperidine rings is 1. The first kappa shape index (κ1) is 15.6. The lowest BCUT2D eigenvalue weighted by atomic mass is 9.91. The highest BCUT2D eigenvalue weighted by Gasteiger charge is 2.19. The lowest BCUT2D eigenvalue weighted by Gasteiger charge is -2.32. The number of likely N-dealkylation sites (tertiary alicyclic amines) is 1. The van der Waals surface area contributed by atoms with Gasteiger partial charge in [-0.15, -0.1) is 0 Å². The molecule has 0 bridgehead atoms. The van der Waals surface area contributed by atoms with Gasteiger partial charge in [-0.3, -0.25) is 4.90 Å². The smallest absolute Gasteiger partial charge is 0.0375 e. The number of unbranched alkanes of at least 4 members (excludes halogenated alkanes) is 2. The first-order valence-corrected chi connectivity index (χ1v) is 7.78. The van der Waals surface area contributed by atoms with Crippen LogP contribution in [0.25, 0.3) is 0 Å². The summed E-state index contributed by atoms with van der Waals surface area (Å²) in [6.07, 6.45) is 8.42. The van der Waals surface area contributed by atoms with Crippen LogP contribution >= 0.6 is 0 Å². The fraction of sp³-hybridized carbons (Fsp3) is 0.875. The first-order valence-electron chi connectivity index (χ1n) is 7.78. The summed E-state index contributed by atoms with van der Waals surface area (Å²) in [4.78, 5) is 2.55. The molecule has 2 heteroatoms. The predicted molar refractivity (Wildman–Crippen MR) is 80.7 cm³/mol. The second-order valence-electron chi connectivity index (χ2n) is 6.12. The predicted octanol–water partition coefficient (Wildman–Crippen LogP) is 3.79. The molecule has 0 aromatic heterocycles. The quantitative estimate of drug-likeness (QED) is 0.661. The molecular formula is C16H32N2. The largest absolute Gasteiger partial charge is 0.386 e. The Balaban J connectivity index is 2.13. The molecule has 1 N–H and O–H groups in total. The van der Waals surface area contributed by atoms with E-state index in [1.807, 2.05) is 0 Å². The van der Waals surface area contributed by atoms with Crippen molar-refractivity contribution in [3.8, 4) is 0 Å². The molecule has 106 valence electrons. The minimum absolute atomic E-state index is 0.504. The molecule has 0 aromatic rings. The van der Waals surface area contributed by atoms with E-state index in [1.54, 1.807) is 0 Å². The third-order valence-electron chi connectivity index (χ3n) is 3.83. The van der Waals surface area contributed by atoms with Crippen molar-refractivity contribution in [2.75, 3.05) is 19.6 Å². The van der Waals surface area contributed by atoms with E-state index >= 15 is 0 Å². The fourth-order valence-electron chi connectivity index (χ4n) is 2.84. The van der Waals surface area contributed by atoms with E-state index in [0.717, 1.165) is 12.5 Å². The zero-order valence-electron chi connectivity index (χ0n) is 12.7. The van der Waals surface area contributed by atoms with Gasteiger partial charge in [-0.05, 0) is 45.7 Å². The van der Waals surface area contributed by atoms with Crippen molar-refractivity contribution in [3.63, 3.8) is 0 Å². The van der Waals surface area contributed by atoms with Crippen LogP contribution in [0, 0.1) is 5.92 Å². The van der Waals surface area contributed by atoms with E-state index in [9.17, 15) is 0 Å². The van der Waals surface area contributed by atoms with Crippen LogP contribution in [0.3, 0.4) is 0 Å². The number of hydrogen-bond acceptors (Lipinski definition) is 2. The summed E-state index contributed by atoms with van der Waals surface area (Å²) in [6, 6.07) is 0.504. The summed E-state index contributed by atoms with van der Waals surface area (Å²) in [5, 5.41) is 3.41. The lowest BCUT2D eigenvalue weighted by molar-refractivity contribution is 0.186. The van der Waals surface area contributed by atoms with Gasteiger partial charge in [0.25, 0.3) is 0 Å². The van der Waals surface area contributed by atoms with Gasteiger partial charge in [-0.2, -0.15) is 0 Å². The van der Waals surface area contributed by atoms with Crippen molar-refractivity contribution in [1.82, 2.24) is 10.2 Å². The molecule has 0 saturated carbocycles. The number of nitrogens with zero attached hydrogens (tertiary/aromatic N) is 1. The van der Waals surface area contributed by atoms with Crippen LogP contribution in [0.2, 0.25) is 0 Å². The molecule has 1 rings (SSSR count). The molecule has 0 unspecified atom stereocenters. The summed E-state index contributed by atoms with van der Waals surface area (Å²) in [6.45, 7) is 14.3. The van der Waals surface area contributed by atoms with E-state index in [0.29, 0.717) is 6.04 Å². The molecular weight excluding hydrogens is 220 g/mol. The van der Waals surface area contributed by atoms with Crippen molar-refractivity contribution in [1.29, 1.82) is 0 Å². The molecule has 0 radical (unpaired) electrons. The fourth-order valence-corrected chi connectivity index (χ4v) is 2.84. The molecule has 0 amide bonds. The lowest BCUT2D eigenvalue weighted by Crippen LogP contribution is -2.38. The van der Waals surface area contributed by atoms with Gasteiger partial charge in [0, 0.05) is 18.3 Å².